The molecule has 0 aromatic heterocycles. The predicted octanol–water partition coefficient (Wildman–Crippen LogP) is 2.31. The summed E-state index contributed by atoms with van der Waals surface area (Å²) in [5.41, 5.74) is 0. The highest BCUT2D eigenvalue weighted by Crippen LogP contribution is 2.16. The van der Waals surface area contributed by atoms with Crippen LogP contribution in [-0.2, 0) is 4.79 Å². The molecule has 0 saturated carbocycles. The average Bonchev–Trinajstić information content (AvgIpc) is 3.01. The number of hydrogen-bond acceptors (Lipinski definition) is 2. The van der Waals surface area contributed by atoms with E-state index in [1.165, 1.54) is 12.8 Å². The van der Waals surface area contributed by atoms with Crippen molar-refractivity contribution in [3.63, 3.8) is 0 Å². The topological polar surface area (TPSA) is 47.9 Å². The molecule has 2 aliphatic rings. The summed E-state index contributed by atoms with van der Waals surface area (Å²) in [7, 11) is 0. The number of hydrogen-bond donors (Lipinski definition) is 1. The predicted molar refractivity (Wildman–Crippen MR) is 102 cm³/mol. The number of carbonyl (C=O) groups is 1. The lowest BCUT2D eigenvalue weighted by atomic mass is 10.00. The van der Waals surface area contributed by atoms with Gasteiger partial charge in [0.1, 0.15) is 0 Å². The Labute approximate surface area is 151 Å². The molecule has 128 valence electrons. The molecule has 2 heterocycles. The van der Waals surface area contributed by atoms with Crippen LogP contribution < -0.4 is 5.32 Å². The van der Waals surface area contributed by atoms with Gasteiger partial charge in [-0.25, -0.2) is 0 Å². The highest BCUT2D eigenvalue weighted by atomic mass is 127. The van der Waals surface area contributed by atoms with Crippen LogP contribution in [0.2, 0.25) is 0 Å². The molecule has 0 aromatic rings. The quantitative estimate of drug-likeness (QED) is 0.430. The monoisotopic (exact) mass is 422 g/mol. The van der Waals surface area contributed by atoms with Gasteiger partial charge in [-0.2, -0.15) is 0 Å². The Hall–Kier alpha value is -0.530. The molecule has 0 spiro atoms. The van der Waals surface area contributed by atoms with Crippen molar-refractivity contribution >= 4 is 35.8 Å². The Morgan fingerprint density at radius 2 is 1.77 bits per heavy atom. The molecule has 0 aliphatic carbocycles. The van der Waals surface area contributed by atoms with Gasteiger partial charge in [-0.05, 0) is 38.5 Å². The third-order valence-electron chi connectivity index (χ3n) is 4.46. The number of nitrogens with zero attached hydrogens (tertiary/aromatic N) is 3. The molecule has 6 heteroatoms. The molecular formula is C16H31IN4O. The van der Waals surface area contributed by atoms with Gasteiger partial charge in [0.2, 0.25) is 5.91 Å². The normalized spacial score (nSPS) is 20.0. The second kappa shape index (κ2) is 10.3. The molecular weight excluding hydrogens is 391 g/mol. The van der Waals surface area contributed by atoms with Gasteiger partial charge in [0.15, 0.2) is 5.96 Å². The minimum Gasteiger partial charge on any atom is -0.357 e. The van der Waals surface area contributed by atoms with Crippen molar-refractivity contribution in [1.29, 1.82) is 0 Å². The summed E-state index contributed by atoms with van der Waals surface area (Å²) in [4.78, 5) is 21.0. The van der Waals surface area contributed by atoms with Crippen molar-refractivity contribution in [3.05, 3.63) is 0 Å². The first-order valence-electron chi connectivity index (χ1n) is 8.51. The molecule has 22 heavy (non-hydrogen) atoms. The molecule has 0 unspecified atom stereocenters. The molecule has 0 aromatic carbocycles. The minimum atomic E-state index is 0. The van der Waals surface area contributed by atoms with Crippen molar-refractivity contribution in [2.75, 3.05) is 39.3 Å². The number of carbonyl (C=O) groups excluding carboxylic acids is 1. The van der Waals surface area contributed by atoms with E-state index in [-0.39, 0.29) is 29.9 Å². The van der Waals surface area contributed by atoms with E-state index in [0.29, 0.717) is 13.0 Å². The fourth-order valence-electron chi connectivity index (χ4n) is 3.03. The van der Waals surface area contributed by atoms with Crippen molar-refractivity contribution in [2.24, 2.45) is 10.9 Å². The van der Waals surface area contributed by atoms with E-state index in [1.54, 1.807) is 0 Å². The van der Waals surface area contributed by atoms with E-state index in [0.717, 1.165) is 57.4 Å². The van der Waals surface area contributed by atoms with Crippen LogP contribution in [0, 0.1) is 5.92 Å². The second-order valence-corrected chi connectivity index (χ2v) is 6.24. The highest BCUT2D eigenvalue weighted by molar-refractivity contribution is 14.0. The highest BCUT2D eigenvalue weighted by Gasteiger charge is 2.19. The lowest BCUT2D eigenvalue weighted by Crippen LogP contribution is -2.45. The Balaban J connectivity index is 0.00000242. The zero-order chi connectivity index (χ0) is 15.1. The fraction of sp³-hybridized carbons (Fsp3) is 0.875. The van der Waals surface area contributed by atoms with E-state index < -0.39 is 0 Å². The largest absolute Gasteiger partial charge is 0.357 e. The number of rotatable bonds is 4. The second-order valence-electron chi connectivity index (χ2n) is 6.24. The van der Waals surface area contributed by atoms with Crippen molar-refractivity contribution in [1.82, 2.24) is 15.1 Å². The summed E-state index contributed by atoms with van der Waals surface area (Å²) in [6, 6.07) is 0. The van der Waals surface area contributed by atoms with Crippen LogP contribution in [0.4, 0.5) is 0 Å². The summed E-state index contributed by atoms with van der Waals surface area (Å²) in [6.45, 7) is 9.92. The van der Waals surface area contributed by atoms with Crippen LogP contribution in [0.25, 0.3) is 0 Å². The number of aliphatic imine (C=N–C) groups is 1. The Bertz CT molecular complexity index is 361. The van der Waals surface area contributed by atoms with Gasteiger partial charge in [0.05, 0.1) is 6.54 Å². The summed E-state index contributed by atoms with van der Waals surface area (Å²) < 4.78 is 0. The van der Waals surface area contributed by atoms with E-state index in [4.69, 9.17) is 0 Å². The van der Waals surface area contributed by atoms with Gasteiger partial charge in [-0.1, -0.05) is 6.92 Å². The van der Waals surface area contributed by atoms with Crippen LogP contribution in [0.1, 0.15) is 46.0 Å². The standard InChI is InChI=1S/C16H30N4O.HI/c1-3-17-16(20-12-7-14(2)8-13-20)18-9-6-15(21)19-10-4-5-11-19;/h14H,3-13H2,1-2H3,(H,17,18);1H. The smallest absolute Gasteiger partial charge is 0.224 e. The van der Waals surface area contributed by atoms with Crippen LogP contribution in [0.5, 0.6) is 0 Å². The Morgan fingerprint density at radius 3 is 2.36 bits per heavy atom. The van der Waals surface area contributed by atoms with Crippen molar-refractivity contribution in [3.8, 4) is 0 Å². The van der Waals surface area contributed by atoms with E-state index in [9.17, 15) is 4.79 Å². The number of halogens is 1. The number of nitrogens with one attached hydrogen (secondary N) is 1. The first-order chi connectivity index (χ1) is 10.2. The van der Waals surface area contributed by atoms with Crippen LogP contribution in [0.3, 0.4) is 0 Å². The first kappa shape index (κ1) is 19.5. The fourth-order valence-corrected chi connectivity index (χ4v) is 3.03. The lowest BCUT2D eigenvalue weighted by molar-refractivity contribution is -0.129. The molecule has 2 fully saturated rings. The number of guanidine groups is 1. The molecule has 0 atom stereocenters. The number of amides is 1. The Kier molecular flexibility index (Phi) is 9.12. The number of likely N-dealkylation sites (tertiary alicyclic amines) is 2. The van der Waals surface area contributed by atoms with Crippen LogP contribution in [0.15, 0.2) is 4.99 Å². The zero-order valence-corrected chi connectivity index (χ0v) is 16.3. The van der Waals surface area contributed by atoms with Crippen LogP contribution in [-0.4, -0.2) is 60.9 Å². The summed E-state index contributed by atoms with van der Waals surface area (Å²) in [5.74, 6) is 2.07. The van der Waals surface area contributed by atoms with Gasteiger partial charge < -0.3 is 15.1 Å². The summed E-state index contributed by atoms with van der Waals surface area (Å²) >= 11 is 0. The third kappa shape index (κ3) is 5.93. The Morgan fingerprint density at radius 1 is 1.14 bits per heavy atom. The maximum absolute atomic E-state index is 12.0. The van der Waals surface area contributed by atoms with E-state index in [1.807, 2.05) is 4.90 Å². The average molecular weight is 422 g/mol. The molecule has 2 rings (SSSR count). The van der Waals surface area contributed by atoms with Gasteiger partial charge in [0, 0.05) is 39.1 Å². The van der Waals surface area contributed by atoms with E-state index >= 15 is 0 Å². The van der Waals surface area contributed by atoms with Crippen LogP contribution >= 0.6 is 24.0 Å². The zero-order valence-electron chi connectivity index (χ0n) is 14.0. The number of piperidine rings is 1. The van der Waals surface area contributed by atoms with Crippen molar-refractivity contribution in [2.45, 2.75) is 46.0 Å². The molecule has 2 saturated heterocycles. The molecule has 0 radical (unpaired) electrons. The van der Waals surface area contributed by atoms with Gasteiger partial charge >= 0.3 is 0 Å². The maximum atomic E-state index is 12.0. The SMILES string of the molecule is CCNC(=NCCC(=O)N1CCCC1)N1CCC(C)CC1.I. The molecule has 0 bridgehead atoms. The van der Waals surface area contributed by atoms with Gasteiger partial charge in [0.25, 0.3) is 0 Å². The molecule has 5 nitrogen and oxygen atoms in total. The van der Waals surface area contributed by atoms with E-state index in [2.05, 4.69) is 29.1 Å². The van der Waals surface area contributed by atoms with Gasteiger partial charge in [-0.15, -0.1) is 24.0 Å². The maximum Gasteiger partial charge on any atom is 0.224 e. The molecule has 1 amide bonds. The summed E-state index contributed by atoms with van der Waals surface area (Å²) in [5, 5.41) is 3.36. The molecule has 2 aliphatic heterocycles. The van der Waals surface area contributed by atoms with Crippen molar-refractivity contribution < 1.29 is 4.79 Å². The van der Waals surface area contributed by atoms with Gasteiger partial charge in [-0.3, -0.25) is 9.79 Å². The first-order valence-corrected chi connectivity index (χ1v) is 8.51. The summed E-state index contributed by atoms with van der Waals surface area (Å²) in [6.07, 6.45) is 5.32. The lowest BCUT2D eigenvalue weighted by Gasteiger charge is -2.33. The third-order valence-corrected chi connectivity index (χ3v) is 4.46. The molecule has 1 N–H and O–H groups in total. The minimum absolute atomic E-state index is 0.